The molecule has 16 heavy (non-hydrogen) atoms. The molecule has 1 heterocycles. The Bertz CT molecular complexity index is 519. The Morgan fingerprint density at radius 1 is 1.25 bits per heavy atom. The van der Waals surface area contributed by atoms with Crippen LogP contribution < -0.4 is 0 Å². The summed E-state index contributed by atoms with van der Waals surface area (Å²) in [5, 5.41) is 21.8. The summed E-state index contributed by atoms with van der Waals surface area (Å²) < 4.78 is 1.82. The minimum atomic E-state index is -0.0987. The topological polar surface area (TPSA) is 74.8 Å². The van der Waals surface area contributed by atoms with Crippen LogP contribution in [0.5, 0.6) is 0 Å². The number of aliphatic hydroxyl groups excluding tert-OH is 2. The number of hydrogen-bond acceptors (Lipinski definition) is 4. The van der Waals surface area contributed by atoms with Crippen molar-refractivity contribution in [2.75, 3.05) is 6.61 Å². The molecule has 2 rings (SSSR count). The van der Waals surface area contributed by atoms with Gasteiger partial charge in [-0.05, 0) is 29.4 Å². The maximum absolute atomic E-state index is 10.4. The predicted octanol–water partition coefficient (Wildman–Crippen LogP) is 1.52. The molecule has 1 aromatic carbocycles. The molecular weight excluding hydrogens is 208 g/mol. The van der Waals surface area contributed by atoms with Crippen LogP contribution in [0.15, 0.2) is 29.4 Å². The number of rotatable bonds is 4. The lowest BCUT2D eigenvalue weighted by Gasteiger charge is -2.06. The van der Waals surface area contributed by atoms with Crippen LogP contribution in [0.1, 0.15) is 5.69 Å². The van der Waals surface area contributed by atoms with E-state index in [4.69, 9.17) is 5.11 Å². The highest BCUT2D eigenvalue weighted by Gasteiger charge is 2.08. The molecule has 0 spiro atoms. The number of fused-ring (bicyclic) bond motifs is 1. The number of benzene rings is 1. The molecule has 0 fully saturated rings. The summed E-state index contributed by atoms with van der Waals surface area (Å²) >= 11 is 0. The molecule has 2 N–H and O–H groups in total. The average molecular weight is 220 g/mol. The normalized spacial score (nSPS) is 10.9. The fourth-order valence-corrected chi connectivity index (χ4v) is 1.87. The van der Waals surface area contributed by atoms with Gasteiger partial charge in [-0.25, -0.2) is 0 Å². The van der Waals surface area contributed by atoms with Crippen molar-refractivity contribution in [3.63, 3.8) is 0 Å². The van der Waals surface area contributed by atoms with Gasteiger partial charge in [-0.15, -0.1) is 4.91 Å². The molecular formula is C11H12N2O3. The summed E-state index contributed by atoms with van der Waals surface area (Å²) in [6.45, 7) is 0.330. The van der Waals surface area contributed by atoms with E-state index in [1.54, 1.807) is 24.3 Å². The van der Waals surface area contributed by atoms with Gasteiger partial charge < -0.3 is 14.8 Å². The minimum absolute atomic E-state index is 0.00443. The van der Waals surface area contributed by atoms with E-state index in [2.05, 4.69) is 5.18 Å². The lowest BCUT2D eigenvalue weighted by molar-refractivity contribution is 0.253. The van der Waals surface area contributed by atoms with E-state index in [0.717, 1.165) is 10.9 Å². The Morgan fingerprint density at radius 2 is 2.06 bits per heavy atom. The molecule has 0 bridgehead atoms. The summed E-state index contributed by atoms with van der Waals surface area (Å²) in [7, 11) is 0. The van der Waals surface area contributed by atoms with Crippen LogP contribution in [0, 0.1) is 4.91 Å². The van der Waals surface area contributed by atoms with Gasteiger partial charge in [0.1, 0.15) is 5.69 Å². The van der Waals surface area contributed by atoms with Crippen molar-refractivity contribution in [1.29, 1.82) is 0 Å². The highest BCUT2D eigenvalue weighted by atomic mass is 16.3. The first-order valence-corrected chi connectivity index (χ1v) is 4.97. The SMILES string of the molecule is O=Nc1ccc2c(c1)cc(CO)n2CCO. The van der Waals surface area contributed by atoms with Gasteiger partial charge in [0.25, 0.3) is 0 Å². The van der Waals surface area contributed by atoms with Crippen molar-refractivity contribution in [2.45, 2.75) is 13.2 Å². The predicted molar refractivity (Wildman–Crippen MR) is 60.4 cm³/mol. The first-order valence-electron chi connectivity index (χ1n) is 4.97. The van der Waals surface area contributed by atoms with E-state index in [1.165, 1.54) is 0 Å². The number of aliphatic hydroxyl groups is 2. The standard InChI is InChI=1S/C11H12N2O3/c14-4-3-13-10(7-15)6-8-5-9(12-16)1-2-11(8)13/h1-2,5-6,14-15H,3-4,7H2. The van der Waals surface area contributed by atoms with Gasteiger partial charge in [0, 0.05) is 23.1 Å². The van der Waals surface area contributed by atoms with Crippen LogP contribution in [0.25, 0.3) is 10.9 Å². The molecule has 0 atom stereocenters. The van der Waals surface area contributed by atoms with Crippen LogP contribution in [0.3, 0.4) is 0 Å². The molecule has 1 aromatic heterocycles. The molecule has 0 amide bonds. The highest BCUT2D eigenvalue weighted by Crippen LogP contribution is 2.24. The zero-order valence-electron chi connectivity index (χ0n) is 8.63. The molecule has 2 aromatic rings. The molecule has 84 valence electrons. The van der Waals surface area contributed by atoms with Crippen LogP contribution in [0.4, 0.5) is 5.69 Å². The number of nitroso groups, excluding NO2 is 1. The minimum Gasteiger partial charge on any atom is -0.395 e. The molecule has 5 heteroatoms. The van der Waals surface area contributed by atoms with Gasteiger partial charge in [-0.1, -0.05) is 0 Å². The van der Waals surface area contributed by atoms with Crippen molar-refractivity contribution in [1.82, 2.24) is 4.57 Å². The second-order valence-corrected chi connectivity index (χ2v) is 3.50. The summed E-state index contributed by atoms with van der Waals surface area (Å²) in [5.74, 6) is 0. The molecule has 0 radical (unpaired) electrons. The Kier molecular flexibility index (Phi) is 2.98. The fraction of sp³-hybridized carbons (Fsp3) is 0.273. The summed E-state index contributed by atoms with van der Waals surface area (Å²) in [5.41, 5.74) is 1.95. The maximum Gasteiger partial charge on any atom is 0.108 e. The van der Waals surface area contributed by atoms with Gasteiger partial charge in [0.15, 0.2) is 0 Å². The van der Waals surface area contributed by atoms with Crippen molar-refractivity contribution >= 4 is 16.6 Å². The molecule has 5 nitrogen and oxygen atoms in total. The Balaban J connectivity index is 2.62. The molecule has 0 saturated carbocycles. The van der Waals surface area contributed by atoms with Crippen LogP contribution in [-0.4, -0.2) is 21.4 Å². The van der Waals surface area contributed by atoms with E-state index in [-0.39, 0.29) is 13.2 Å². The van der Waals surface area contributed by atoms with Gasteiger partial charge in [-0.3, -0.25) is 0 Å². The molecule has 0 aliphatic carbocycles. The number of aromatic nitrogens is 1. The average Bonchev–Trinajstić information content (AvgIpc) is 2.67. The number of nitrogens with zero attached hydrogens (tertiary/aromatic N) is 2. The summed E-state index contributed by atoms with van der Waals surface area (Å²) in [6.07, 6.45) is 0. The Labute approximate surface area is 91.9 Å². The van der Waals surface area contributed by atoms with Gasteiger partial charge >= 0.3 is 0 Å². The van der Waals surface area contributed by atoms with Crippen molar-refractivity contribution in [3.8, 4) is 0 Å². The highest BCUT2D eigenvalue weighted by molar-refractivity contribution is 5.84. The van der Waals surface area contributed by atoms with Crippen LogP contribution in [-0.2, 0) is 13.2 Å². The van der Waals surface area contributed by atoms with Gasteiger partial charge in [0.05, 0.1) is 13.2 Å². The molecule has 0 saturated heterocycles. The zero-order chi connectivity index (χ0) is 11.5. The summed E-state index contributed by atoms with van der Waals surface area (Å²) in [6, 6.07) is 6.83. The van der Waals surface area contributed by atoms with E-state index >= 15 is 0 Å². The van der Waals surface area contributed by atoms with E-state index in [0.29, 0.717) is 17.9 Å². The third kappa shape index (κ3) is 1.70. The number of hydrogen-bond donors (Lipinski definition) is 2. The first-order chi connectivity index (χ1) is 7.80. The lowest BCUT2D eigenvalue weighted by Crippen LogP contribution is -2.05. The molecule has 0 aliphatic rings. The van der Waals surface area contributed by atoms with E-state index in [1.807, 2.05) is 4.57 Å². The van der Waals surface area contributed by atoms with E-state index in [9.17, 15) is 10.0 Å². The maximum atomic E-state index is 10.4. The second-order valence-electron chi connectivity index (χ2n) is 3.50. The van der Waals surface area contributed by atoms with Crippen LogP contribution >= 0.6 is 0 Å². The third-order valence-electron chi connectivity index (χ3n) is 2.56. The van der Waals surface area contributed by atoms with Crippen LogP contribution in [0.2, 0.25) is 0 Å². The van der Waals surface area contributed by atoms with Crippen molar-refractivity contribution in [3.05, 3.63) is 34.9 Å². The monoisotopic (exact) mass is 220 g/mol. The van der Waals surface area contributed by atoms with Crippen molar-refractivity contribution < 1.29 is 10.2 Å². The third-order valence-corrected chi connectivity index (χ3v) is 2.56. The van der Waals surface area contributed by atoms with Gasteiger partial charge in [0.2, 0.25) is 0 Å². The summed E-state index contributed by atoms with van der Waals surface area (Å²) in [4.78, 5) is 10.4. The first kappa shape index (κ1) is 10.8. The molecule has 0 aliphatic heterocycles. The smallest absolute Gasteiger partial charge is 0.108 e. The van der Waals surface area contributed by atoms with Crippen molar-refractivity contribution in [2.24, 2.45) is 5.18 Å². The second kappa shape index (κ2) is 4.42. The van der Waals surface area contributed by atoms with Gasteiger partial charge in [-0.2, -0.15) is 0 Å². The fourth-order valence-electron chi connectivity index (χ4n) is 1.87. The Morgan fingerprint density at radius 3 is 2.69 bits per heavy atom. The Hall–Kier alpha value is -1.72. The zero-order valence-corrected chi connectivity index (χ0v) is 8.63. The molecule has 0 unspecified atom stereocenters. The largest absolute Gasteiger partial charge is 0.395 e. The lowest BCUT2D eigenvalue weighted by atomic mass is 10.2. The quantitative estimate of drug-likeness (QED) is 0.767. The van der Waals surface area contributed by atoms with E-state index < -0.39 is 0 Å².